The topological polar surface area (TPSA) is 26.3 Å². The van der Waals surface area contributed by atoms with E-state index in [2.05, 4.69) is 19.9 Å². The normalized spacial score (nSPS) is 10.3. The van der Waals surface area contributed by atoms with Crippen molar-refractivity contribution in [3.63, 3.8) is 0 Å². The van der Waals surface area contributed by atoms with Crippen LogP contribution >= 0.6 is 11.3 Å². The largest absolute Gasteiger partial charge is 0.466 e. The number of thiophene rings is 1. The fourth-order valence-corrected chi connectivity index (χ4v) is 2.56. The van der Waals surface area contributed by atoms with Gasteiger partial charge in [-0.2, -0.15) is 0 Å². The van der Waals surface area contributed by atoms with Gasteiger partial charge in [0, 0.05) is 16.2 Å². The molecule has 0 fully saturated rings. The third kappa shape index (κ3) is 4.04. The molecule has 0 bridgehead atoms. The summed E-state index contributed by atoms with van der Waals surface area (Å²) in [6.07, 6.45) is 2.40. The lowest BCUT2D eigenvalue weighted by Crippen LogP contribution is -2.03. The summed E-state index contributed by atoms with van der Waals surface area (Å²) in [6, 6.07) is 2.21. The average molecular weight is 226 g/mol. The molecule has 0 N–H and O–H groups in total. The van der Waals surface area contributed by atoms with Gasteiger partial charge in [-0.15, -0.1) is 11.3 Å². The van der Waals surface area contributed by atoms with Gasteiger partial charge in [-0.05, 0) is 45.2 Å². The minimum absolute atomic E-state index is 0.0814. The Balaban J connectivity index is 2.31. The van der Waals surface area contributed by atoms with Crippen molar-refractivity contribution in [1.29, 1.82) is 0 Å². The molecule has 0 aromatic carbocycles. The molecule has 0 saturated carbocycles. The van der Waals surface area contributed by atoms with Crippen LogP contribution < -0.4 is 0 Å². The highest BCUT2D eigenvalue weighted by Crippen LogP contribution is 2.22. The Kier molecular flexibility index (Phi) is 4.82. The van der Waals surface area contributed by atoms with Crippen LogP contribution in [-0.4, -0.2) is 12.6 Å². The van der Waals surface area contributed by atoms with Crippen LogP contribution in [0.4, 0.5) is 0 Å². The predicted octanol–water partition coefficient (Wildman–Crippen LogP) is 3.25. The van der Waals surface area contributed by atoms with Gasteiger partial charge in [0.25, 0.3) is 0 Å². The molecule has 0 aliphatic rings. The van der Waals surface area contributed by atoms with Crippen LogP contribution in [0.1, 0.15) is 35.1 Å². The van der Waals surface area contributed by atoms with E-state index in [4.69, 9.17) is 4.74 Å². The van der Waals surface area contributed by atoms with Gasteiger partial charge in [-0.25, -0.2) is 0 Å². The Bertz CT molecular complexity index is 328. The van der Waals surface area contributed by atoms with Crippen molar-refractivity contribution >= 4 is 17.3 Å². The summed E-state index contributed by atoms with van der Waals surface area (Å²) in [4.78, 5) is 13.8. The average Bonchev–Trinajstić information content (AvgIpc) is 2.46. The number of ether oxygens (including phenoxy) is 1. The highest BCUT2D eigenvalue weighted by atomic mass is 32.1. The number of aryl methyl sites for hydroxylation is 3. The first-order valence-corrected chi connectivity index (χ1v) is 6.16. The van der Waals surface area contributed by atoms with Gasteiger partial charge < -0.3 is 4.74 Å². The fourth-order valence-electron chi connectivity index (χ4n) is 1.59. The van der Waals surface area contributed by atoms with Gasteiger partial charge >= 0.3 is 5.97 Å². The molecule has 84 valence electrons. The summed E-state index contributed by atoms with van der Waals surface area (Å²) in [5.41, 5.74) is 1.38. The number of hydrogen-bond acceptors (Lipinski definition) is 3. The fraction of sp³-hybridized carbons (Fsp3) is 0.583. The summed E-state index contributed by atoms with van der Waals surface area (Å²) < 4.78 is 4.88. The van der Waals surface area contributed by atoms with Gasteiger partial charge in [0.1, 0.15) is 0 Å². The number of hydrogen-bond donors (Lipinski definition) is 0. The van der Waals surface area contributed by atoms with Crippen molar-refractivity contribution in [3.05, 3.63) is 21.4 Å². The van der Waals surface area contributed by atoms with Crippen LogP contribution in [0.2, 0.25) is 0 Å². The molecule has 0 spiro atoms. The molecular weight excluding hydrogens is 208 g/mol. The summed E-state index contributed by atoms with van der Waals surface area (Å²) in [7, 11) is 0. The van der Waals surface area contributed by atoms with E-state index in [-0.39, 0.29) is 5.97 Å². The molecule has 3 heteroatoms. The summed E-state index contributed by atoms with van der Waals surface area (Å²) in [6.45, 7) is 6.57. The third-order valence-electron chi connectivity index (χ3n) is 2.28. The number of carbonyl (C=O) groups is 1. The minimum atomic E-state index is -0.0814. The molecule has 0 aliphatic heterocycles. The highest BCUT2D eigenvalue weighted by Gasteiger charge is 2.05. The molecule has 0 aliphatic carbocycles. The van der Waals surface area contributed by atoms with E-state index in [1.54, 1.807) is 0 Å². The second-order valence-corrected chi connectivity index (χ2v) is 5.06. The number of carbonyl (C=O) groups excluding carboxylic acids is 1. The first-order chi connectivity index (χ1) is 7.13. The van der Waals surface area contributed by atoms with Crippen molar-refractivity contribution < 1.29 is 9.53 Å². The minimum Gasteiger partial charge on any atom is -0.466 e. The lowest BCUT2D eigenvalue weighted by molar-refractivity contribution is -0.143. The van der Waals surface area contributed by atoms with Gasteiger partial charge in [0.15, 0.2) is 0 Å². The van der Waals surface area contributed by atoms with Crippen molar-refractivity contribution in [2.45, 2.75) is 40.0 Å². The molecule has 0 radical (unpaired) electrons. The van der Waals surface area contributed by atoms with Crippen molar-refractivity contribution in [1.82, 2.24) is 0 Å². The van der Waals surface area contributed by atoms with E-state index in [1.807, 2.05) is 18.3 Å². The molecular formula is C12H18O2S. The predicted molar refractivity (Wildman–Crippen MR) is 63.4 cm³/mol. The molecule has 1 heterocycles. The van der Waals surface area contributed by atoms with Gasteiger partial charge in [-0.3, -0.25) is 4.79 Å². The smallest absolute Gasteiger partial charge is 0.305 e. The van der Waals surface area contributed by atoms with Crippen LogP contribution in [0, 0.1) is 13.8 Å². The van der Waals surface area contributed by atoms with Crippen molar-refractivity contribution in [2.24, 2.45) is 0 Å². The highest BCUT2D eigenvalue weighted by molar-refractivity contribution is 7.12. The standard InChI is InChI=1S/C12H18O2S/c1-4-14-12(13)7-5-6-11-8-9(2)15-10(11)3/h8H,4-7H2,1-3H3. The molecule has 0 atom stereocenters. The molecule has 0 amide bonds. The van der Waals surface area contributed by atoms with E-state index in [0.29, 0.717) is 13.0 Å². The maximum absolute atomic E-state index is 11.1. The van der Waals surface area contributed by atoms with E-state index in [0.717, 1.165) is 12.8 Å². The first kappa shape index (κ1) is 12.2. The van der Waals surface area contributed by atoms with Crippen LogP contribution in [0.15, 0.2) is 6.07 Å². The zero-order valence-corrected chi connectivity index (χ0v) is 10.4. The lowest BCUT2D eigenvalue weighted by atomic mass is 10.1. The Hall–Kier alpha value is -0.830. The van der Waals surface area contributed by atoms with Crippen LogP contribution in [-0.2, 0) is 16.0 Å². The molecule has 15 heavy (non-hydrogen) atoms. The van der Waals surface area contributed by atoms with E-state index in [1.165, 1.54) is 15.3 Å². The van der Waals surface area contributed by atoms with Crippen LogP contribution in [0.5, 0.6) is 0 Å². The van der Waals surface area contributed by atoms with Gasteiger partial charge in [-0.1, -0.05) is 0 Å². The van der Waals surface area contributed by atoms with Crippen molar-refractivity contribution in [2.75, 3.05) is 6.61 Å². The zero-order valence-electron chi connectivity index (χ0n) is 9.63. The molecule has 1 aromatic heterocycles. The Morgan fingerprint density at radius 3 is 2.73 bits per heavy atom. The number of rotatable bonds is 5. The van der Waals surface area contributed by atoms with Crippen molar-refractivity contribution in [3.8, 4) is 0 Å². The third-order valence-corrected chi connectivity index (χ3v) is 3.28. The SMILES string of the molecule is CCOC(=O)CCCc1cc(C)sc1C. The number of esters is 1. The van der Waals surface area contributed by atoms with Gasteiger partial charge in [0.05, 0.1) is 6.61 Å². The van der Waals surface area contributed by atoms with Gasteiger partial charge in [0.2, 0.25) is 0 Å². The quantitative estimate of drug-likeness (QED) is 0.720. The second-order valence-electron chi connectivity index (χ2n) is 3.60. The zero-order chi connectivity index (χ0) is 11.3. The molecule has 0 saturated heterocycles. The summed E-state index contributed by atoms with van der Waals surface area (Å²) in [5.74, 6) is -0.0814. The summed E-state index contributed by atoms with van der Waals surface area (Å²) in [5, 5.41) is 0. The molecule has 1 rings (SSSR count). The second kappa shape index (κ2) is 5.91. The van der Waals surface area contributed by atoms with E-state index in [9.17, 15) is 4.79 Å². The van der Waals surface area contributed by atoms with E-state index < -0.39 is 0 Å². The monoisotopic (exact) mass is 226 g/mol. The Morgan fingerprint density at radius 1 is 1.47 bits per heavy atom. The Labute approximate surface area is 95.3 Å². The molecule has 2 nitrogen and oxygen atoms in total. The van der Waals surface area contributed by atoms with E-state index >= 15 is 0 Å². The Morgan fingerprint density at radius 2 is 2.20 bits per heavy atom. The first-order valence-electron chi connectivity index (χ1n) is 5.35. The molecule has 0 unspecified atom stereocenters. The summed E-state index contributed by atoms with van der Waals surface area (Å²) >= 11 is 1.82. The lowest BCUT2D eigenvalue weighted by Gasteiger charge is -2.01. The van der Waals surface area contributed by atoms with Crippen LogP contribution in [0.3, 0.4) is 0 Å². The maximum atomic E-state index is 11.1. The van der Waals surface area contributed by atoms with Crippen LogP contribution in [0.25, 0.3) is 0 Å². The molecule has 1 aromatic rings. The maximum Gasteiger partial charge on any atom is 0.305 e.